The number of piperidine rings is 1. The van der Waals surface area contributed by atoms with Gasteiger partial charge in [-0.3, -0.25) is 9.59 Å². The van der Waals surface area contributed by atoms with Gasteiger partial charge < -0.3 is 19.9 Å². The van der Waals surface area contributed by atoms with Crippen molar-refractivity contribution in [1.82, 2.24) is 24.8 Å². The Hall–Kier alpha value is -2.84. The zero-order valence-corrected chi connectivity index (χ0v) is 18.4. The summed E-state index contributed by atoms with van der Waals surface area (Å²) in [7, 11) is 0. The molecule has 2 aromatic rings. The van der Waals surface area contributed by atoms with Crippen LogP contribution < -0.4 is 10.9 Å². The van der Waals surface area contributed by atoms with Gasteiger partial charge in [0.05, 0.1) is 11.9 Å². The van der Waals surface area contributed by atoms with Crippen molar-refractivity contribution < 1.29 is 14.3 Å². The highest BCUT2D eigenvalue weighted by Gasteiger charge is 2.29. The van der Waals surface area contributed by atoms with Gasteiger partial charge >= 0.3 is 6.09 Å². The molecule has 0 atom stereocenters. The van der Waals surface area contributed by atoms with E-state index in [1.807, 2.05) is 20.8 Å². The number of amides is 2. The van der Waals surface area contributed by atoms with E-state index >= 15 is 0 Å². The van der Waals surface area contributed by atoms with Crippen LogP contribution in [0, 0.1) is 0 Å². The number of hydrogen-bond acceptors (Lipinski definition) is 5. The van der Waals surface area contributed by atoms with Gasteiger partial charge in [-0.25, -0.2) is 9.31 Å². The van der Waals surface area contributed by atoms with Crippen molar-refractivity contribution in [2.75, 3.05) is 13.1 Å². The third-order valence-corrected chi connectivity index (χ3v) is 6.03. The number of carbonyl (C=O) groups excluding carboxylic acids is 2. The minimum absolute atomic E-state index is 0.0640. The van der Waals surface area contributed by atoms with Crippen LogP contribution in [0.15, 0.2) is 17.1 Å². The lowest BCUT2D eigenvalue weighted by Gasteiger charge is -2.33. The topological polar surface area (TPSA) is 109 Å². The maximum atomic E-state index is 12.8. The Balaban J connectivity index is 1.51. The quantitative estimate of drug-likeness (QED) is 0.780. The number of hydrogen-bond donors (Lipinski definition) is 2. The molecule has 1 aliphatic heterocycles. The molecule has 1 aliphatic carbocycles. The maximum Gasteiger partial charge on any atom is 0.410 e. The van der Waals surface area contributed by atoms with Crippen molar-refractivity contribution in [2.24, 2.45) is 0 Å². The molecule has 2 fully saturated rings. The van der Waals surface area contributed by atoms with E-state index in [0.717, 1.165) is 31.4 Å². The van der Waals surface area contributed by atoms with E-state index in [-0.39, 0.29) is 29.5 Å². The Bertz CT molecular complexity index is 1020. The molecule has 0 bridgehead atoms. The van der Waals surface area contributed by atoms with Gasteiger partial charge in [-0.2, -0.15) is 5.10 Å². The van der Waals surface area contributed by atoms with Crippen molar-refractivity contribution in [3.63, 3.8) is 0 Å². The van der Waals surface area contributed by atoms with Gasteiger partial charge in [-0.1, -0.05) is 12.8 Å². The van der Waals surface area contributed by atoms with Crippen LogP contribution in [-0.4, -0.2) is 56.2 Å². The molecule has 0 spiro atoms. The number of fused-ring (bicyclic) bond motifs is 1. The number of likely N-dealkylation sites (tertiary alicyclic amines) is 1. The number of nitrogens with zero attached hydrogens (tertiary/aromatic N) is 3. The Morgan fingerprint density at radius 2 is 1.84 bits per heavy atom. The van der Waals surface area contributed by atoms with E-state index in [1.165, 1.54) is 6.20 Å². The molecule has 1 saturated heterocycles. The first-order valence-electron chi connectivity index (χ1n) is 11.1. The van der Waals surface area contributed by atoms with Crippen LogP contribution in [-0.2, 0) is 4.74 Å². The maximum absolute atomic E-state index is 12.8. The number of carbonyl (C=O) groups is 2. The van der Waals surface area contributed by atoms with E-state index < -0.39 is 5.60 Å². The average molecular weight is 430 g/mol. The third kappa shape index (κ3) is 4.75. The average Bonchev–Trinajstić information content (AvgIpc) is 3.35. The lowest BCUT2D eigenvalue weighted by molar-refractivity contribution is 0.0203. The summed E-state index contributed by atoms with van der Waals surface area (Å²) in [6.45, 7) is 6.64. The van der Waals surface area contributed by atoms with Gasteiger partial charge in [0, 0.05) is 31.1 Å². The summed E-state index contributed by atoms with van der Waals surface area (Å²) in [4.78, 5) is 42.0. The number of ether oxygens (including phenoxy) is 1. The van der Waals surface area contributed by atoms with Gasteiger partial charge in [0.15, 0.2) is 0 Å². The Labute approximate surface area is 181 Å². The number of H-pyrrole nitrogens is 1. The molecule has 0 aromatic carbocycles. The van der Waals surface area contributed by atoms with E-state index in [4.69, 9.17) is 4.74 Å². The zero-order chi connectivity index (χ0) is 22.2. The third-order valence-electron chi connectivity index (χ3n) is 6.03. The predicted molar refractivity (Wildman–Crippen MR) is 115 cm³/mol. The van der Waals surface area contributed by atoms with E-state index in [9.17, 15) is 14.4 Å². The molecule has 0 unspecified atom stereocenters. The predicted octanol–water partition coefficient (Wildman–Crippen LogP) is 2.81. The Morgan fingerprint density at radius 3 is 2.48 bits per heavy atom. The summed E-state index contributed by atoms with van der Waals surface area (Å²) < 4.78 is 7.13. The molecule has 168 valence electrons. The molecule has 9 nitrogen and oxygen atoms in total. The molecule has 3 heterocycles. The van der Waals surface area contributed by atoms with Crippen LogP contribution in [0.1, 0.15) is 81.3 Å². The minimum Gasteiger partial charge on any atom is -0.444 e. The molecule has 2 amide bonds. The second-order valence-electron chi connectivity index (χ2n) is 9.57. The van der Waals surface area contributed by atoms with Crippen LogP contribution in [0.5, 0.6) is 0 Å². The van der Waals surface area contributed by atoms with Crippen LogP contribution in [0.3, 0.4) is 0 Å². The largest absolute Gasteiger partial charge is 0.444 e. The second kappa shape index (κ2) is 8.36. The van der Waals surface area contributed by atoms with Crippen molar-refractivity contribution in [3.8, 4) is 0 Å². The Kier molecular flexibility index (Phi) is 5.77. The van der Waals surface area contributed by atoms with Gasteiger partial charge in [-0.05, 0) is 46.5 Å². The lowest BCUT2D eigenvalue weighted by Crippen LogP contribution is -2.41. The van der Waals surface area contributed by atoms with Crippen LogP contribution >= 0.6 is 0 Å². The molecule has 0 radical (unpaired) electrons. The van der Waals surface area contributed by atoms with Gasteiger partial charge in [0.25, 0.3) is 11.5 Å². The summed E-state index contributed by atoms with van der Waals surface area (Å²) in [6.07, 6.45) is 6.83. The molecule has 2 aromatic heterocycles. The molecule has 31 heavy (non-hydrogen) atoms. The SMILES string of the molecule is CC(C)(C)OC(=O)N1CCC(c2cc(=O)[nH]c3c(C(=O)NC4CCCC4)cnn23)CC1. The molecular formula is C22H31N5O4. The van der Waals surface area contributed by atoms with Crippen LogP contribution in [0.2, 0.25) is 0 Å². The summed E-state index contributed by atoms with van der Waals surface area (Å²) in [5, 5.41) is 7.47. The first-order chi connectivity index (χ1) is 14.7. The number of rotatable bonds is 3. The van der Waals surface area contributed by atoms with Crippen LogP contribution in [0.4, 0.5) is 4.79 Å². The highest BCUT2D eigenvalue weighted by atomic mass is 16.6. The fraction of sp³-hybridized carbons (Fsp3) is 0.636. The zero-order valence-electron chi connectivity index (χ0n) is 18.4. The summed E-state index contributed by atoms with van der Waals surface area (Å²) in [5.41, 5.74) is 0.789. The molecule has 1 saturated carbocycles. The molecule has 4 rings (SSSR count). The Morgan fingerprint density at radius 1 is 1.16 bits per heavy atom. The van der Waals surface area contributed by atoms with E-state index in [0.29, 0.717) is 37.1 Å². The van der Waals surface area contributed by atoms with E-state index in [1.54, 1.807) is 15.5 Å². The molecular weight excluding hydrogens is 398 g/mol. The van der Waals surface area contributed by atoms with Crippen molar-refractivity contribution in [3.05, 3.63) is 33.9 Å². The standard InChI is InChI=1S/C22H31N5O4/c1-22(2,3)31-21(30)26-10-8-14(9-11-26)17-12-18(28)25-19-16(13-23-27(17)19)20(29)24-15-6-4-5-7-15/h12-15H,4-11H2,1-3H3,(H,24,29)(H,25,28). The molecule has 9 heteroatoms. The first-order valence-corrected chi connectivity index (χ1v) is 11.1. The van der Waals surface area contributed by atoms with Crippen molar-refractivity contribution in [1.29, 1.82) is 0 Å². The van der Waals surface area contributed by atoms with Crippen molar-refractivity contribution in [2.45, 2.75) is 76.9 Å². The molecule has 2 N–H and O–H groups in total. The smallest absolute Gasteiger partial charge is 0.410 e. The fourth-order valence-electron chi connectivity index (χ4n) is 4.49. The van der Waals surface area contributed by atoms with E-state index in [2.05, 4.69) is 15.4 Å². The van der Waals surface area contributed by atoms with Gasteiger partial charge in [0.2, 0.25) is 0 Å². The lowest BCUT2D eigenvalue weighted by atomic mass is 9.93. The van der Waals surface area contributed by atoms with Crippen LogP contribution in [0.25, 0.3) is 5.65 Å². The highest BCUT2D eigenvalue weighted by molar-refractivity contribution is 5.99. The summed E-state index contributed by atoms with van der Waals surface area (Å²) in [6, 6.07) is 1.74. The van der Waals surface area contributed by atoms with Gasteiger partial charge in [0.1, 0.15) is 16.8 Å². The molecule has 2 aliphatic rings. The summed E-state index contributed by atoms with van der Waals surface area (Å²) in [5.74, 6) is -0.136. The van der Waals surface area contributed by atoms with Crippen molar-refractivity contribution >= 4 is 17.6 Å². The summed E-state index contributed by atoms with van der Waals surface area (Å²) >= 11 is 0. The second-order valence-corrected chi connectivity index (χ2v) is 9.57. The van der Waals surface area contributed by atoms with Gasteiger partial charge in [-0.15, -0.1) is 0 Å². The minimum atomic E-state index is -0.530. The first kappa shape index (κ1) is 21.4. The number of nitrogens with one attached hydrogen (secondary N) is 2. The highest BCUT2D eigenvalue weighted by Crippen LogP contribution is 2.29. The number of aromatic nitrogens is 3. The monoisotopic (exact) mass is 429 g/mol. The normalized spacial score (nSPS) is 18.5. The number of aromatic amines is 1. The fourth-order valence-corrected chi connectivity index (χ4v) is 4.49.